The maximum absolute atomic E-state index is 10.7. The third-order valence-corrected chi connectivity index (χ3v) is 2.14. The largest absolute Gasteiger partial charge is 0.481 e. The lowest BCUT2D eigenvalue weighted by atomic mass is 10.3. The molecule has 0 heterocycles. The second-order valence-electron chi connectivity index (χ2n) is 4.61. The van der Waals surface area contributed by atoms with Crippen LogP contribution in [-0.4, -0.2) is 34.7 Å². The van der Waals surface area contributed by atoms with Gasteiger partial charge >= 0.3 is 17.9 Å². The smallest absolute Gasteiger partial charge is 0.305 e. The van der Waals surface area contributed by atoms with Crippen molar-refractivity contribution >= 4 is 17.9 Å². The van der Waals surface area contributed by atoms with Crippen molar-refractivity contribution in [3.05, 3.63) is 0 Å². The maximum atomic E-state index is 10.7. The van der Waals surface area contributed by atoms with Gasteiger partial charge in [0.1, 0.15) is 0 Å². The Morgan fingerprint density at radius 2 is 1.14 bits per heavy atom. The number of esters is 1. The molecule has 2 N–H and O–H groups in total. The van der Waals surface area contributed by atoms with E-state index in [0.29, 0.717) is 25.9 Å². The highest BCUT2D eigenvalue weighted by Crippen LogP contribution is 1.93. The summed E-state index contributed by atoms with van der Waals surface area (Å²) in [5.74, 6) is -1.48. The third kappa shape index (κ3) is 36.2. The molecular weight excluding hydrogens is 288 g/mol. The standard InChI is InChI=1S/C8H16O2.2C4H8O2/c1-3-5-7-10-8(9)6-4-2;2*1-2-3-4(5)6/h3-7H2,1-2H3;2*2-3H2,1H3,(H,5,6). The first kappa shape index (κ1) is 25.4. The van der Waals surface area contributed by atoms with E-state index in [1.165, 1.54) is 0 Å². The van der Waals surface area contributed by atoms with E-state index in [2.05, 4.69) is 6.92 Å². The van der Waals surface area contributed by atoms with E-state index in [1.807, 2.05) is 20.8 Å². The van der Waals surface area contributed by atoms with Gasteiger partial charge in [0.25, 0.3) is 0 Å². The zero-order valence-corrected chi connectivity index (χ0v) is 14.4. The monoisotopic (exact) mass is 320 g/mol. The quantitative estimate of drug-likeness (QED) is 0.494. The van der Waals surface area contributed by atoms with E-state index < -0.39 is 11.9 Å². The summed E-state index contributed by atoms with van der Waals surface area (Å²) < 4.78 is 4.88. The predicted octanol–water partition coefficient (Wildman–Crippen LogP) is 3.87. The van der Waals surface area contributed by atoms with E-state index in [9.17, 15) is 14.4 Å². The van der Waals surface area contributed by atoms with Gasteiger partial charge in [0.2, 0.25) is 0 Å². The van der Waals surface area contributed by atoms with Crippen LogP contribution < -0.4 is 0 Å². The maximum Gasteiger partial charge on any atom is 0.305 e. The molecule has 0 aliphatic rings. The van der Waals surface area contributed by atoms with Crippen molar-refractivity contribution in [1.82, 2.24) is 0 Å². The van der Waals surface area contributed by atoms with E-state index in [1.54, 1.807) is 0 Å². The second kappa shape index (κ2) is 21.7. The number of carboxylic acid groups (broad SMARTS) is 2. The molecule has 0 rings (SSSR count). The summed E-state index contributed by atoms with van der Waals surface area (Å²) in [5.41, 5.74) is 0. The van der Waals surface area contributed by atoms with Crippen LogP contribution in [0.25, 0.3) is 0 Å². The van der Waals surface area contributed by atoms with Gasteiger partial charge in [0.15, 0.2) is 0 Å². The number of carbonyl (C=O) groups excluding carboxylic acids is 1. The van der Waals surface area contributed by atoms with E-state index in [4.69, 9.17) is 14.9 Å². The molecule has 0 aliphatic carbocycles. The Morgan fingerprint density at radius 3 is 1.36 bits per heavy atom. The summed E-state index contributed by atoms with van der Waals surface area (Å²) in [6.45, 7) is 8.33. The molecule has 0 amide bonds. The van der Waals surface area contributed by atoms with Crippen molar-refractivity contribution < 1.29 is 29.3 Å². The van der Waals surface area contributed by atoms with Gasteiger partial charge in [-0.1, -0.05) is 34.1 Å². The summed E-state index contributed by atoms with van der Waals surface area (Å²) in [7, 11) is 0. The van der Waals surface area contributed by atoms with Crippen LogP contribution in [0.15, 0.2) is 0 Å². The van der Waals surface area contributed by atoms with Gasteiger partial charge in [-0.25, -0.2) is 0 Å². The molecular formula is C16H32O6. The van der Waals surface area contributed by atoms with Crippen molar-refractivity contribution in [2.75, 3.05) is 6.61 Å². The molecule has 22 heavy (non-hydrogen) atoms. The van der Waals surface area contributed by atoms with Crippen molar-refractivity contribution in [3.8, 4) is 0 Å². The van der Waals surface area contributed by atoms with E-state index in [-0.39, 0.29) is 5.97 Å². The topological polar surface area (TPSA) is 101 Å². The van der Waals surface area contributed by atoms with E-state index in [0.717, 1.165) is 32.1 Å². The van der Waals surface area contributed by atoms with Crippen LogP contribution in [0.5, 0.6) is 0 Å². The molecule has 6 heteroatoms. The fourth-order valence-electron chi connectivity index (χ4n) is 1.03. The number of hydrogen-bond donors (Lipinski definition) is 2. The highest BCUT2D eigenvalue weighted by Gasteiger charge is 1.97. The highest BCUT2D eigenvalue weighted by atomic mass is 16.5. The number of carboxylic acids is 2. The lowest BCUT2D eigenvalue weighted by Gasteiger charge is -2.00. The average Bonchev–Trinajstić information content (AvgIpc) is 2.40. The first-order chi connectivity index (χ1) is 10.3. The summed E-state index contributed by atoms with van der Waals surface area (Å²) in [5, 5.41) is 15.8. The van der Waals surface area contributed by atoms with Crippen molar-refractivity contribution in [3.63, 3.8) is 0 Å². The first-order valence-corrected chi connectivity index (χ1v) is 7.94. The molecule has 132 valence electrons. The van der Waals surface area contributed by atoms with Crippen LogP contribution in [0, 0.1) is 0 Å². The van der Waals surface area contributed by atoms with Gasteiger partial charge in [-0.15, -0.1) is 0 Å². The highest BCUT2D eigenvalue weighted by molar-refractivity contribution is 5.69. The predicted molar refractivity (Wildman–Crippen MR) is 85.9 cm³/mol. The number of carbonyl (C=O) groups is 3. The number of aliphatic carboxylic acids is 2. The Morgan fingerprint density at radius 1 is 0.727 bits per heavy atom. The molecule has 0 aliphatic heterocycles. The van der Waals surface area contributed by atoms with Crippen molar-refractivity contribution in [1.29, 1.82) is 0 Å². The molecule has 0 saturated carbocycles. The molecule has 6 nitrogen and oxygen atoms in total. The van der Waals surface area contributed by atoms with Gasteiger partial charge in [-0.3, -0.25) is 14.4 Å². The minimum absolute atomic E-state index is 0.0593. The van der Waals surface area contributed by atoms with Gasteiger partial charge < -0.3 is 14.9 Å². The fraction of sp³-hybridized carbons (Fsp3) is 0.812. The van der Waals surface area contributed by atoms with Crippen LogP contribution in [0.4, 0.5) is 0 Å². The molecule has 0 unspecified atom stereocenters. The van der Waals surface area contributed by atoms with Crippen LogP contribution in [0.2, 0.25) is 0 Å². The summed E-state index contributed by atoms with van der Waals surface area (Å²) in [6, 6.07) is 0. The zero-order valence-electron chi connectivity index (χ0n) is 14.4. The first-order valence-electron chi connectivity index (χ1n) is 7.94. The Balaban J connectivity index is -0.000000261. The van der Waals surface area contributed by atoms with E-state index >= 15 is 0 Å². The normalized spacial score (nSPS) is 8.73. The molecule has 0 bridgehead atoms. The molecule has 0 saturated heterocycles. The third-order valence-electron chi connectivity index (χ3n) is 2.14. The SMILES string of the molecule is CCCC(=O)O.CCCC(=O)O.CCCCOC(=O)CCC. The molecule has 0 aromatic rings. The van der Waals surface area contributed by atoms with Crippen molar-refractivity contribution in [2.24, 2.45) is 0 Å². The lowest BCUT2D eigenvalue weighted by Crippen LogP contribution is -2.04. The number of ether oxygens (including phenoxy) is 1. The summed E-state index contributed by atoms with van der Waals surface area (Å²) in [4.78, 5) is 29.9. The van der Waals surface area contributed by atoms with Crippen LogP contribution >= 0.6 is 0 Å². The van der Waals surface area contributed by atoms with Crippen LogP contribution in [0.1, 0.15) is 79.1 Å². The average molecular weight is 320 g/mol. The Bertz CT molecular complexity index is 260. The Kier molecular flexibility index (Phi) is 25.0. The number of unbranched alkanes of at least 4 members (excludes halogenated alkanes) is 1. The summed E-state index contributed by atoms with van der Waals surface area (Å²) in [6.07, 6.45) is 5.55. The Labute approximate surface area is 133 Å². The number of rotatable bonds is 9. The van der Waals surface area contributed by atoms with Gasteiger partial charge in [-0.2, -0.15) is 0 Å². The lowest BCUT2D eigenvalue weighted by molar-refractivity contribution is -0.144. The van der Waals surface area contributed by atoms with Crippen molar-refractivity contribution in [2.45, 2.75) is 79.1 Å². The molecule has 0 radical (unpaired) electrons. The number of hydrogen-bond acceptors (Lipinski definition) is 4. The molecule has 0 atom stereocenters. The van der Waals surface area contributed by atoms with Gasteiger partial charge in [-0.05, 0) is 25.7 Å². The van der Waals surface area contributed by atoms with Crippen LogP contribution in [-0.2, 0) is 19.1 Å². The minimum atomic E-state index is -0.711. The summed E-state index contributed by atoms with van der Waals surface area (Å²) >= 11 is 0. The molecule has 0 aromatic heterocycles. The second-order valence-corrected chi connectivity index (χ2v) is 4.61. The molecule has 0 aromatic carbocycles. The minimum Gasteiger partial charge on any atom is -0.481 e. The molecule has 0 spiro atoms. The molecule has 0 fully saturated rings. The van der Waals surface area contributed by atoms with Crippen LogP contribution in [0.3, 0.4) is 0 Å². The Hall–Kier alpha value is -1.59. The van der Waals surface area contributed by atoms with Gasteiger partial charge in [0.05, 0.1) is 6.61 Å². The van der Waals surface area contributed by atoms with Gasteiger partial charge in [0, 0.05) is 19.3 Å². The fourth-order valence-corrected chi connectivity index (χ4v) is 1.03. The zero-order chi connectivity index (χ0) is 17.8.